The maximum atomic E-state index is 5.79. The van der Waals surface area contributed by atoms with Crippen molar-refractivity contribution in [2.75, 3.05) is 13.2 Å². The lowest BCUT2D eigenvalue weighted by atomic mass is 9.90. The van der Waals surface area contributed by atoms with Crippen LogP contribution in [0.2, 0.25) is 0 Å². The standard InChI is InChI=1S/C16H24N2O/c1-4-19-14-5-6-15-13(11-14)7-9-18(15)10-8-16(2,3)12-17/h5-7,9,11H,4,8,10,12,17H2,1-3H3. The minimum atomic E-state index is 0.196. The van der Waals surface area contributed by atoms with Gasteiger partial charge < -0.3 is 15.0 Å². The lowest BCUT2D eigenvalue weighted by Crippen LogP contribution is -2.24. The van der Waals surface area contributed by atoms with E-state index in [9.17, 15) is 0 Å². The van der Waals surface area contributed by atoms with Gasteiger partial charge in [0.1, 0.15) is 5.75 Å². The van der Waals surface area contributed by atoms with Crippen molar-refractivity contribution >= 4 is 10.9 Å². The van der Waals surface area contributed by atoms with E-state index in [0.717, 1.165) is 25.3 Å². The third-order valence-corrected chi connectivity index (χ3v) is 3.64. The molecule has 0 aliphatic rings. The molecule has 0 bridgehead atoms. The van der Waals surface area contributed by atoms with E-state index in [2.05, 4.69) is 42.8 Å². The van der Waals surface area contributed by atoms with Crippen molar-refractivity contribution in [1.29, 1.82) is 0 Å². The summed E-state index contributed by atoms with van der Waals surface area (Å²) in [5.41, 5.74) is 7.24. The van der Waals surface area contributed by atoms with Crippen molar-refractivity contribution in [1.82, 2.24) is 4.57 Å². The Kier molecular flexibility index (Phi) is 4.15. The SMILES string of the molecule is CCOc1ccc2c(ccn2CCC(C)(C)CN)c1. The molecule has 0 saturated heterocycles. The Bertz CT molecular complexity index is 543. The second kappa shape index (κ2) is 5.66. The molecule has 19 heavy (non-hydrogen) atoms. The van der Waals surface area contributed by atoms with Gasteiger partial charge in [-0.1, -0.05) is 13.8 Å². The van der Waals surface area contributed by atoms with Gasteiger partial charge in [0.15, 0.2) is 0 Å². The summed E-state index contributed by atoms with van der Waals surface area (Å²) in [5.74, 6) is 0.940. The molecule has 2 rings (SSSR count). The first kappa shape index (κ1) is 13.9. The molecule has 104 valence electrons. The smallest absolute Gasteiger partial charge is 0.120 e. The largest absolute Gasteiger partial charge is 0.494 e. The van der Waals surface area contributed by atoms with Crippen molar-refractivity contribution in [2.24, 2.45) is 11.1 Å². The van der Waals surface area contributed by atoms with Crippen molar-refractivity contribution in [3.8, 4) is 5.75 Å². The molecular formula is C16H24N2O. The average Bonchev–Trinajstić information content (AvgIpc) is 2.79. The van der Waals surface area contributed by atoms with Gasteiger partial charge in [-0.25, -0.2) is 0 Å². The Balaban J connectivity index is 2.17. The van der Waals surface area contributed by atoms with Crippen LogP contribution in [0.1, 0.15) is 27.2 Å². The molecule has 0 amide bonds. The number of nitrogens with two attached hydrogens (primary N) is 1. The number of ether oxygens (including phenoxy) is 1. The molecule has 1 aromatic carbocycles. The number of aromatic nitrogens is 1. The number of benzene rings is 1. The zero-order valence-electron chi connectivity index (χ0n) is 12.1. The normalized spacial score (nSPS) is 12.0. The molecule has 0 unspecified atom stereocenters. The number of aryl methyl sites for hydroxylation is 1. The zero-order valence-corrected chi connectivity index (χ0v) is 12.1. The Hall–Kier alpha value is -1.48. The monoisotopic (exact) mass is 260 g/mol. The fraction of sp³-hybridized carbons (Fsp3) is 0.500. The van der Waals surface area contributed by atoms with Gasteiger partial charge in [-0.2, -0.15) is 0 Å². The molecule has 3 nitrogen and oxygen atoms in total. The molecule has 0 saturated carbocycles. The van der Waals surface area contributed by atoms with Crippen molar-refractivity contribution < 1.29 is 4.74 Å². The fourth-order valence-electron chi connectivity index (χ4n) is 2.15. The Labute approximate surface area is 115 Å². The first-order chi connectivity index (χ1) is 9.05. The van der Waals surface area contributed by atoms with Crippen LogP contribution in [-0.2, 0) is 6.54 Å². The van der Waals surface area contributed by atoms with E-state index in [1.165, 1.54) is 10.9 Å². The van der Waals surface area contributed by atoms with Gasteiger partial charge in [0.25, 0.3) is 0 Å². The highest BCUT2D eigenvalue weighted by atomic mass is 16.5. The molecule has 0 atom stereocenters. The molecule has 0 aliphatic heterocycles. The first-order valence-electron chi connectivity index (χ1n) is 6.97. The maximum absolute atomic E-state index is 5.79. The minimum Gasteiger partial charge on any atom is -0.494 e. The number of nitrogens with zero attached hydrogens (tertiary/aromatic N) is 1. The van der Waals surface area contributed by atoms with Crippen molar-refractivity contribution in [3.05, 3.63) is 30.5 Å². The molecule has 1 heterocycles. The quantitative estimate of drug-likeness (QED) is 0.864. The molecule has 1 aromatic heterocycles. The van der Waals surface area contributed by atoms with E-state index >= 15 is 0 Å². The summed E-state index contributed by atoms with van der Waals surface area (Å²) >= 11 is 0. The van der Waals surface area contributed by atoms with Crippen LogP contribution in [0.15, 0.2) is 30.5 Å². The number of hydrogen-bond acceptors (Lipinski definition) is 2. The van der Waals surface area contributed by atoms with Crippen molar-refractivity contribution in [2.45, 2.75) is 33.7 Å². The third kappa shape index (κ3) is 3.29. The van der Waals surface area contributed by atoms with Crippen LogP contribution in [-0.4, -0.2) is 17.7 Å². The molecular weight excluding hydrogens is 236 g/mol. The van der Waals surface area contributed by atoms with Crippen LogP contribution in [0.5, 0.6) is 5.75 Å². The van der Waals surface area contributed by atoms with E-state index < -0.39 is 0 Å². The maximum Gasteiger partial charge on any atom is 0.120 e. The molecule has 0 aliphatic carbocycles. The van der Waals surface area contributed by atoms with E-state index in [1.807, 2.05) is 13.0 Å². The van der Waals surface area contributed by atoms with Gasteiger partial charge in [0, 0.05) is 23.6 Å². The third-order valence-electron chi connectivity index (χ3n) is 3.64. The number of fused-ring (bicyclic) bond motifs is 1. The Morgan fingerprint density at radius 3 is 2.74 bits per heavy atom. The van der Waals surface area contributed by atoms with Crippen LogP contribution in [0.3, 0.4) is 0 Å². The van der Waals surface area contributed by atoms with Gasteiger partial charge in [0.05, 0.1) is 6.61 Å². The summed E-state index contributed by atoms with van der Waals surface area (Å²) in [6.45, 7) is 8.86. The predicted octanol–water partition coefficient (Wildman–Crippen LogP) is 3.42. The highest BCUT2D eigenvalue weighted by Gasteiger charge is 2.15. The van der Waals surface area contributed by atoms with Gasteiger partial charge >= 0.3 is 0 Å². The first-order valence-corrected chi connectivity index (χ1v) is 6.97. The Morgan fingerprint density at radius 2 is 2.05 bits per heavy atom. The summed E-state index contributed by atoms with van der Waals surface area (Å²) in [6.07, 6.45) is 3.23. The number of rotatable bonds is 6. The van der Waals surface area contributed by atoms with Crippen LogP contribution in [0.25, 0.3) is 10.9 Å². The lowest BCUT2D eigenvalue weighted by Gasteiger charge is -2.22. The van der Waals surface area contributed by atoms with Gasteiger partial charge in [-0.15, -0.1) is 0 Å². The van der Waals surface area contributed by atoms with E-state index in [0.29, 0.717) is 6.61 Å². The van der Waals surface area contributed by atoms with Crippen LogP contribution in [0, 0.1) is 5.41 Å². The van der Waals surface area contributed by atoms with E-state index in [-0.39, 0.29) is 5.41 Å². The topological polar surface area (TPSA) is 40.2 Å². The summed E-state index contributed by atoms with van der Waals surface area (Å²) in [6, 6.07) is 8.42. The Morgan fingerprint density at radius 1 is 1.26 bits per heavy atom. The second-order valence-corrected chi connectivity index (χ2v) is 5.78. The number of hydrogen-bond donors (Lipinski definition) is 1. The van der Waals surface area contributed by atoms with Crippen LogP contribution in [0.4, 0.5) is 0 Å². The highest BCUT2D eigenvalue weighted by Crippen LogP contribution is 2.25. The molecule has 0 radical (unpaired) electrons. The van der Waals surface area contributed by atoms with Crippen molar-refractivity contribution in [3.63, 3.8) is 0 Å². The summed E-state index contributed by atoms with van der Waals surface area (Å²) in [4.78, 5) is 0. The molecule has 3 heteroatoms. The predicted molar refractivity (Wildman–Crippen MR) is 80.6 cm³/mol. The zero-order chi connectivity index (χ0) is 13.9. The summed E-state index contributed by atoms with van der Waals surface area (Å²) in [7, 11) is 0. The molecule has 2 N–H and O–H groups in total. The molecule has 0 spiro atoms. The van der Waals surface area contributed by atoms with Crippen LogP contribution >= 0.6 is 0 Å². The lowest BCUT2D eigenvalue weighted by molar-refractivity contribution is 0.326. The molecule has 0 fully saturated rings. The second-order valence-electron chi connectivity index (χ2n) is 5.78. The van der Waals surface area contributed by atoms with Gasteiger partial charge in [-0.05, 0) is 49.6 Å². The van der Waals surface area contributed by atoms with E-state index in [1.54, 1.807) is 0 Å². The minimum absolute atomic E-state index is 0.196. The summed E-state index contributed by atoms with van der Waals surface area (Å²) in [5, 5.41) is 1.23. The average molecular weight is 260 g/mol. The molecule has 2 aromatic rings. The summed E-state index contributed by atoms with van der Waals surface area (Å²) < 4.78 is 7.82. The van der Waals surface area contributed by atoms with Gasteiger partial charge in [0.2, 0.25) is 0 Å². The highest BCUT2D eigenvalue weighted by molar-refractivity contribution is 5.81. The fourth-order valence-corrected chi connectivity index (χ4v) is 2.15. The van der Waals surface area contributed by atoms with E-state index in [4.69, 9.17) is 10.5 Å². The van der Waals surface area contributed by atoms with Gasteiger partial charge in [-0.3, -0.25) is 0 Å². The van der Waals surface area contributed by atoms with Crippen LogP contribution < -0.4 is 10.5 Å².